The molecule has 3 aromatic rings. The Labute approximate surface area is 196 Å². The van der Waals surface area contributed by atoms with Crippen LogP contribution in [0.2, 0.25) is 0 Å². The smallest absolute Gasteiger partial charge is 0.270 e. The molecule has 3 N–H and O–H groups in total. The number of aliphatic hydroxyl groups excluding tert-OH is 1. The van der Waals surface area contributed by atoms with Gasteiger partial charge in [0.25, 0.3) is 11.5 Å². The average Bonchev–Trinajstić information content (AvgIpc) is 2.82. The lowest BCUT2D eigenvalue weighted by Gasteiger charge is -2.36. The molecule has 0 radical (unpaired) electrons. The second kappa shape index (κ2) is 10.3. The van der Waals surface area contributed by atoms with Crippen molar-refractivity contribution in [1.82, 2.24) is 25.2 Å². The Morgan fingerprint density at radius 3 is 2.65 bits per heavy atom. The van der Waals surface area contributed by atoms with Gasteiger partial charge >= 0.3 is 0 Å². The molecule has 4 rings (SSSR count). The summed E-state index contributed by atoms with van der Waals surface area (Å²) in [5, 5.41) is 11.5. The van der Waals surface area contributed by atoms with Gasteiger partial charge in [0.1, 0.15) is 16.9 Å². The zero-order chi connectivity index (χ0) is 24.2. The van der Waals surface area contributed by atoms with Crippen LogP contribution in [0.1, 0.15) is 34.4 Å². The first-order valence-electron chi connectivity index (χ1n) is 11.4. The van der Waals surface area contributed by atoms with Crippen LogP contribution in [0.15, 0.2) is 29.1 Å². The summed E-state index contributed by atoms with van der Waals surface area (Å²) in [5.74, 6) is -0.736. The van der Waals surface area contributed by atoms with Gasteiger partial charge in [-0.2, -0.15) is 0 Å². The van der Waals surface area contributed by atoms with Crippen LogP contribution in [0, 0.1) is 12.7 Å². The van der Waals surface area contributed by atoms with Gasteiger partial charge in [0.15, 0.2) is 5.82 Å². The minimum Gasteiger partial charge on any atom is -0.395 e. The fourth-order valence-corrected chi connectivity index (χ4v) is 4.25. The van der Waals surface area contributed by atoms with Crippen LogP contribution < -0.4 is 15.8 Å². The molecule has 1 amide bonds. The van der Waals surface area contributed by atoms with Crippen LogP contribution in [0.4, 0.5) is 10.1 Å². The van der Waals surface area contributed by atoms with E-state index in [2.05, 4.69) is 30.1 Å². The lowest BCUT2D eigenvalue weighted by molar-refractivity contribution is 0.0939. The third-order valence-corrected chi connectivity index (χ3v) is 6.02. The molecule has 9 nitrogen and oxygen atoms in total. The lowest BCUT2D eigenvalue weighted by atomic mass is 10.1. The van der Waals surface area contributed by atoms with Gasteiger partial charge in [-0.15, -0.1) is 0 Å². The molecule has 1 aliphatic heterocycles. The minimum atomic E-state index is -0.429. The Kier molecular flexibility index (Phi) is 7.18. The zero-order valence-electron chi connectivity index (χ0n) is 19.4. The molecule has 0 atom stereocenters. The molecule has 1 aromatic carbocycles. The van der Waals surface area contributed by atoms with Crippen LogP contribution in [-0.2, 0) is 13.0 Å². The second-order valence-electron chi connectivity index (χ2n) is 8.38. The Balaban J connectivity index is 1.41. The van der Waals surface area contributed by atoms with E-state index in [0.29, 0.717) is 29.9 Å². The van der Waals surface area contributed by atoms with E-state index in [4.69, 9.17) is 5.11 Å². The number of pyridine rings is 1. The standard InChI is InChI=1S/C24H29FN6O3/c1-3-18-24(34)29-20-13-16(12-17(25)22(20)28-18)14-30-7-9-31(10-8-30)21-5-4-19(27-15(21)2)23(33)26-6-11-32/h4-5,12-13,32H,3,6-11,14H2,1-2H3,(H,26,33)(H,29,34). The number of nitrogens with zero attached hydrogens (tertiary/aromatic N) is 4. The van der Waals surface area contributed by atoms with Crippen molar-refractivity contribution in [2.75, 3.05) is 44.2 Å². The predicted octanol–water partition coefficient (Wildman–Crippen LogP) is 1.37. The van der Waals surface area contributed by atoms with Gasteiger partial charge in [0.05, 0.1) is 23.5 Å². The SMILES string of the molecule is CCc1nc2c(F)cc(CN3CCN(c4ccc(C(=O)NCCO)nc4C)CC3)cc2[nH]c1=O. The van der Waals surface area contributed by atoms with E-state index in [-0.39, 0.29) is 30.1 Å². The number of anilines is 1. The number of aryl methyl sites for hydroxylation is 2. The fraction of sp³-hybridized carbons (Fsp3) is 0.417. The number of piperazine rings is 1. The first-order valence-corrected chi connectivity index (χ1v) is 11.4. The first-order chi connectivity index (χ1) is 16.4. The Hall–Kier alpha value is -3.37. The van der Waals surface area contributed by atoms with Gasteiger partial charge in [0.2, 0.25) is 0 Å². The summed E-state index contributed by atoms with van der Waals surface area (Å²) < 4.78 is 14.7. The number of hydrogen-bond donors (Lipinski definition) is 3. The molecule has 1 fully saturated rings. The van der Waals surface area contributed by atoms with Gasteiger partial charge in [0, 0.05) is 39.3 Å². The zero-order valence-corrected chi connectivity index (χ0v) is 19.4. The quantitative estimate of drug-likeness (QED) is 0.480. The highest BCUT2D eigenvalue weighted by atomic mass is 19.1. The molecule has 0 spiro atoms. The Morgan fingerprint density at radius 1 is 1.21 bits per heavy atom. The van der Waals surface area contributed by atoms with Crippen molar-refractivity contribution >= 4 is 22.6 Å². The maximum absolute atomic E-state index is 14.7. The third-order valence-electron chi connectivity index (χ3n) is 6.02. The Bertz CT molecular complexity index is 1250. The number of hydrogen-bond acceptors (Lipinski definition) is 7. The number of halogens is 1. The topological polar surface area (TPSA) is 114 Å². The van der Waals surface area contributed by atoms with E-state index in [1.807, 2.05) is 19.9 Å². The van der Waals surface area contributed by atoms with Gasteiger partial charge in [-0.25, -0.2) is 14.4 Å². The summed E-state index contributed by atoms with van der Waals surface area (Å²) in [4.78, 5) is 40.0. The normalized spacial score (nSPS) is 14.5. The molecule has 34 heavy (non-hydrogen) atoms. The van der Waals surface area contributed by atoms with E-state index >= 15 is 0 Å². The maximum Gasteiger partial charge on any atom is 0.270 e. The number of aromatic nitrogens is 3. The summed E-state index contributed by atoms with van der Waals surface area (Å²) in [6, 6.07) is 6.89. The molecule has 1 aliphatic rings. The monoisotopic (exact) mass is 468 g/mol. The maximum atomic E-state index is 14.7. The van der Waals surface area contributed by atoms with Crippen LogP contribution >= 0.6 is 0 Å². The van der Waals surface area contributed by atoms with Crippen molar-refractivity contribution in [2.24, 2.45) is 0 Å². The second-order valence-corrected chi connectivity index (χ2v) is 8.38. The van der Waals surface area contributed by atoms with Crippen LogP contribution in [0.25, 0.3) is 11.0 Å². The number of carbonyl (C=O) groups is 1. The molecular weight excluding hydrogens is 439 g/mol. The van der Waals surface area contributed by atoms with Gasteiger partial charge in [-0.1, -0.05) is 6.92 Å². The van der Waals surface area contributed by atoms with E-state index in [1.54, 1.807) is 12.1 Å². The van der Waals surface area contributed by atoms with E-state index in [9.17, 15) is 14.0 Å². The number of aromatic amines is 1. The molecule has 1 saturated heterocycles. The average molecular weight is 469 g/mol. The number of amides is 1. The van der Waals surface area contributed by atoms with Crippen LogP contribution in [-0.4, -0.2) is 70.2 Å². The fourth-order valence-electron chi connectivity index (χ4n) is 4.25. The van der Waals surface area contributed by atoms with E-state index < -0.39 is 5.82 Å². The molecule has 0 bridgehead atoms. The molecule has 3 heterocycles. The number of nitrogens with one attached hydrogen (secondary N) is 2. The summed E-state index contributed by atoms with van der Waals surface area (Å²) in [6.45, 7) is 7.44. The third kappa shape index (κ3) is 5.07. The number of aliphatic hydroxyl groups is 1. The van der Waals surface area contributed by atoms with Gasteiger partial charge in [-0.05, 0) is 43.2 Å². The summed E-state index contributed by atoms with van der Waals surface area (Å²) in [6.07, 6.45) is 0.450. The largest absolute Gasteiger partial charge is 0.395 e. The van der Waals surface area contributed by atoms with Gasteiger partial charge in [-0.3, -0.25) is 14.5 Å². The summed E-state index contributed by atoms with van der Waals surface area (Å²) in [5.41, 5.74) is 3.53. The highest BCUT2D eigenvalue weighted by molar-refractivity contribution is 5.92. The van der Waals surface area contributed by atoms with Gasteiger partial charge < -0.3 is 20.3 Å². The molecule has 180 valence electrons. The predicted molar refractivity (Wildman–Crippen MR) is 128 cm³/mol. The molecule has 0 unspecified atom stereocenters. The van der Waals surface area contributed by atoms with E-state index in [1.165, 1.54) is 6.07 Å². The summed E-state index contributed by atoms with van der Waals surface area (Å²) >= 11 is 0. The number of carbonyl (C=O) groups excluding carboxylic acids is 1. The number of rotatable bonds is 7. The highest BCUT2D eigenvalue weighted by Gasteiger charge is 2.21. The van der Waals surface area contributed by atoms with Crippen LogP contribution in [0.5, 0.6) is 0 Å². The summed E-state index contributed by atoms with van der Waals surface area (Å²) in [7, 11) is 0. The number of fused-ring (bicyclic) bond motifs is 1. The van der Waals surface area contributed by atoms with Crippen molar-refractivity contribution < 1.29 is 14.3 Å². The van der Waals surface area contributed by atoms with Crippen molar-refractivity contribution in [2.45, 2.75) is 26.8 Å². The molecule has 0 aliphatic carbocycles. The van der Waals surface area contributed by atoms with Crippen LogP contribution in [0.3, 0.4) is 0 Å². The number of H-pyrrole nitrogens is 1. The number of benzene rings is 1. The van der Waals surface area contributed by atoms with Crippen molar-refractivity contribution in [3.8, 4) is 0 Å². The molecular formula is C24H29FN6O3. The first kappa shape index (κ1) is 23.8. The minimum absolute atomic E-state index is 0.118. The van der Waals surface area contributed by atoms with Crippen molar-refractivity contribution in [3.05, 3.63) is 63.1 Å². The molecule has 10 heteroatoms. The molecule has 0 saturated carbocycles. The van der Waals surface area contributed by atoms with Crippen molar-refractivity contribution in [1.29, 1.82) is 0 Å². The Morgan fingerprint density at radius 2 is 1.97 bits per heavy atom. The van der Waals surface area contributed by atoms with E-state index in [0.717, 1.165) is 43.1 Å². The lowest BCUT2D eigenvalue weighted by Crippen LogP contribution is -2.46. The molecule has 2 aromatic heterocycles. The highest BCUT2D eigenvalue weighted by Crippen LogP contribution is 2.22. The van der Waals surface area contributed by atoms with Crippen molar-refractivity contribution in [3.63, 3.8) is 0 Å².